The first-order chi connectivity index (χ1) is 14.4. The fourth-order valence-electron chi connectivity index (χ4n) is 3.18. The van der Waals surface area contributed by atoms with E-state index in [4.69, 9.17) is 0 Å². The highest BCUT2D eigenvalue weighted by Crippen LogP contribution is 2.21. The Hall–Kier alpha value is -3.30. The number of carbonyl (C=O) groups excluding carboxylic acids is 1. The third kappa shape index (κ3) is 4.81. The Morgan fingerprint density at radius 1 is 0.967 bits per heavy atom. The van der Waals surface area contributed by atoms with Gasteiger partial charge in [0.1, 0.15) is 5.82 Å². The van der Waals surface area contributed by atoms with E-state index in [9.17, 15) is 22.4 Å². The molecular weight excluding hydrogens is 402 g/mol. The maximum Gasteiger partial charge on any atom is 0.243 e. The molecule has 1 fully saturated rings. The minimum absolute atomic E-state index is 0.251. The van der Waals surface area contributed by atoms with E-state index in [0.29, 0.717) is 37.8 Å². The smallest absolute Gasteiger partial charge is 0.243 e. The molecule has 0 atom stereocenters. The molecule has 0 aliphatic carbocycles. The lowest BCUT2D eigenvalue weighted by atomic mass is 10.2. The second kappa shape index (κ2) is 9.47. The topological polar surface area (TPSA) is 60.0 Å². The number of nitrogens with zero attached hydrogens (tertiary/aromatic N) is 3. The standard InChI is InChI=1S/C20H21F4N5O/c1-25-20(26-12-17(30)27-15-7-6-14(22)18(23)19(15)24)29-10-8-28(9-11-29)16-5-3-2-4-13(16)21/h2-7H,8-12H2,1H3,(H,25,26)(H,27,30). The van der Waals surface area contributed by atoms with Gasteiger partial charge in [-0.25, -0.2) is 17.6 Å². The molecular formula is C20H21F4N5O. The fraction of sp³-hybridized carbons (Fsp3) is 0.300. The summed E-state index contributed by atoms with van der Waals surface area (Å²) >= 11 is 0. The van der Waals surface area contributed by atoms with E-state index in [1.165, 1.54) is 6.07 Å². The van der Waals surface area contributed by atoms with Gasteiger partial charge in [-0.15, -0.1) is 0 Å². The van der Waals surface area contributed by atoms with Gasteiger partial charge in [0.05, 0.1) is 17.9 Å². The number of benzene rings is 2. The van der Waals surface area contributed by atoms with Gasteiger partial charge in [-0.1, -0.05) is 12.1 Å². The molecule has 30 heavy (non-hydrogen) atoms. The molecule has 1 amide bonds. The first-order valence-corrected chi connectivity index (χ1v) is 9.29. The summed E-state index contributed by atoms with van der Waals surface area (Å²) in [5, 5.41) is 5.04. The molecule has 2 aromatic rings. The summed E-state index contributed by atoms with van der Waals surface area (Å²) in [7, 11) is 1.55. The molecule has 1 aliphatic heterocycles. The van der Waals surface area contributed by atoms with Gasteiger partial charge in [-0.05, 0) is 24.3 Å². The monoisotopic (exact) mass is 423 g/mol. The van der Waals surface area contributed by atoms with E-state index in [0.717, 1.165) is 12.1 Å². The lowest BCUT2D eigenvalue weighted by Crippen LogP contribution is -2.53. The third-order valence-electron chi connectivity index (χ3n) is 4.70. The molecule has 1 aliphatic rings. The van der Waals surface area contributed by atoms with Gasteiger partial charge in [0.2, 0.25) is 5.91 Å². The Morgan fingerprint density at radius 2 is 1.67 bits per heavy atom. The zero-order valence-corrected chi connectivity index (χ0v) is 16.3. The number of hydrogen-bond acceptors (Lipinski definition) is 3. The van der Waals surface area contributed by atoms with Crippen LogP contribution in [-0.2, 0) is 4.79 Å². The van der Waals surface area contributed by atoms with Crippen molar-refractivity contribution in [2.75, 3.05) is 50.0 Å². The van der Waals surface area contributed by atoms with E-state index in [1.807, 2.05) is 9.80 Å². The van der Waals surface area contributed by atoms with Crippen molar-refractivity contribution in [3.05, 3.63) is 59.7 Å². The number of para-hydroxylation sites is 1. The van der Waals surface area contributed by atoms with Crippen LogP contribution in [0.15, 0.2) is 41.4 Å². The molecule has 2 N–H and O–H groups in total. The van der Waals surface area contributed by atoms with Gasteiger partial charge in [-0.2, -0.15) is 0 Å². The normalized spacial score (nSPS) is 14.6. The quantitative estimate of drug-likeness (QED) is 0.344. The number of piperazine rings is 1. The second-order valence-electron chi connectivity index (χ2n) is 6.60. The van der Waals surface area contributed by atoms with Crippen LogP contribution >= 0.6 is 0 Å². The molecule has 0 bridgehead atoms. The van der Waals surface area contributed by atoms with Crippen molar-refractivity contribution in [1.82, 2.24) is 10.2 Å². The number of hydrogen-bond donors (Lipinski definition) is 2. The molecule has 3 rings (SSSR count). The van der Waals surface area contributed by atoms with Crippen molar-refractivity contribution in [1.29, 1.82) is 0 Å². The number of halogens is 4. The van der Waals surface area contributed by atoms with Crippen molar-refractivity contribution in [2.24, 2.45) is 4.99 Å². The highest BCUT2D eigenvalue weighted by atomic mass is 19.2. The number of guanidine groups is 1. The lowest BCUT2D eigenvalue weighted by Gasteiger charge is -2.37. The summed E-state index contributed by atoms with van der Waals surface area (Å²) in [6, 6.07) is 8.23. The van der Waals surface area contributed by atoms with Crippen molar-refractivity contribution in [3.63, 3.8) is 0 Å². The van der Waals surface area contributed by atoms with Gasteiger partial charge < -0.3 is 20.4 Å². The zero-order valence-electron chi connectivity index (χ0n) is 16.3. The minimum Gasteiger partial charge on any atom is -0.366 e. The first-order valence-electron chi connectivity index (χ1n) is 9.29. The predicted octanol–water partition coefficient (Wildman–Crippen LogP) is 2.58. The summed E-state index contributed by atoms with van der Waals surface area (Å²) in [6.45, 7) is 1.97. The Labute approximate surface area is 171 Å². The third-order valence-corrected chi connectivity index (χ3v) is 4.70. The summed E-state index contributed by atoms with van der Waals surface area (Å²) < 4.78 is 53.9. The molecule has 1 heterocycles. The molecule has 0 saturated carbocycles. The second-order valence-corrected chi connectivity index (χ2v) is 6.60. The number of carbonyl (C=O) groups is 1. The highest BCUT2D eigenvalue weighted by molar-refractivity contribution is 5.95. The van der Waals surface area contributed by atoms with Gasteiger partial charge in [0.15, 0.2) is 23.4 Å². The molecule has 0 spiro atoms. The summed E-state index contributed by atoms with van der Waals surface area (Å²) in [5.74, 6) is -4.93. The molecule has 0 radical (unpaired) electrons. The molecule has 0 aromatic heterocycles. The molecule has 1 saturated heterocycles. The van der Waals surface area contributed by atoms with E-state index in [1.54, 1.807) is 25.2 Å². The zero-order chi connectivity index (χ0) is 21.7. The van der Waals surface area contributed by atoms with Crippen LogP contribution in [0.3, 0.4) is 0 Å². The number of amides is 1. The fourth-order valence-corrected chi connectivity index (χ4v) is 3.18. The average Bonchev–Trinajstić information content (AvgIpc) is 2.75. The summed E-state index contributed by atoms with van der Waals surface area (Å²) in [4.78, 5) is 20.0. The Balaban J connectivity index is 1.52. The molecule has 2 aromatic carbocycles. The van der Waals surface area contributed by atoms with Crippen molar-refractivity contribution >= 4 is 23.2 Å². The maximum atomic E-state index is 14.0. The molecule has 0 unspecified atom stereocenters. The molecule has 10 heteroatoms. The van der Waals surface area contributed by atoms with E-state index in [2.05, 4.69) is 15.6 Å². The van der Waals surface area contributed by atoms with Crippen LogP contribution < -0.4 is 15.5 Å². The van der Waals surface area contributed by atoms with Gasteiger partial charge in [0, 0.05) is 33.2 Å². The van der Waals surface area contributed by atoms with Gasteiger partial charge in [-0.3, -0.25) is 9.79 Å². The minimum atomic E-state index is -1.65. The first kappa shape index (κ1) is 21.4. The van der Waals surface area contributed by atoms with Crippen LogP contribution in [0.4, 0.5) is 28.9 Å². The largest absolute Gasteiger partial charge is 0.366 e. The predicted molar refractivity (Wildman–Crippen MR) is 106 cm³/mol. The van der Waals surface area contributed by atoms with Crippen LogP contribution in [0.2, 0.25) is 0 Å². The van der Waals surface area contributed by atoms with E-state index in [-0.39, 0.29) is 12.4 Å². The molecule has 160 valence electrons. The lowest BCUT2D eigenvalue weighted by molar-refractivity contribution is -0.115. The van der Waals surface area contributed by atoms with Crippen molar-refractivity contribution in [2.45, 2.75) is 0 Å². The molecule has 6 nitrogen and oxygen atoms in total. The van der Waals surface area contributed by atoms with Crippen LogP contribution in [-0.4, -0.2) is 56.5 Å². The maximum absolute atomic E-state index is 14.0. The summed E-state index contributed by atoms with van der Waals surface area (Å²) in [6.07, 6.45) is 0. The Kier molecular flexibility index (Phi) is 6.76. The van der Waals surface area contributed by atoms with Gasteiger partial charge in [0.25, 0.3) is 0 Å². The van der Waals surface area contributed by atoms with Crippen LogP contribution in [0.5, 0.6) is 0 Å². The van der Waals surface area contributed by atoms with E-state index >= 15 is 0 Å². The summed E-state index contributed by atoms with van der Waals surface area (Å²) in [5.41, 5.74) is 0.0854. The van der Waals surface area contributed by atoms with Crippen LogP contribution in [0.1, 0.15) is 0 Å². The van der Waals surface area contributed by atoms with Crippen LogP contribution in [0, 0.1) is 23.3 Å². The highest BCUT2D eigenvalue weighted by Gasteiger charge is 2.22. The van der Waals surface area contributed by atoms with Crippen molar-refractivity contribution in [3.8, 4) is 0 Å². The number of aliphatic imine (C=N–C) groups is 1. The number of nitrogens with one attached hydrogen (secondary N) is 2. The van der Waals surface area contributed by atoms with Crippen LogP contribution in [0.25, 0.3) is 0 Å². The SMILES string of the molecule is CN=C(NCC(=O)Nc1ccc(F)c(F)c1F)N1CCN(c2ccccc2F)CC1. The number of rotatable bonds is 4. The Bertz CT molecular complexity index is 945. The Morgan fingerprint density at radius 3 is 2.33 bits per heavy atom. The average molecular weight is 423 g/mol. The van der Waals surface area contributed by atoms with Crippen molar-refractivity contribution < 1.29 is 22.4 Å². The van der Waals surface area contributed by atoms with E-state index < -0.39 is 29.0 Å². The van der Waals surface area contributed by atoms with Gasteiger partial charge >= 0.3 is 0 Å². The number of anilines is 2.